The summed E-state index contributed by atoms with van der Waals surface area (Å²) >= 11 is 0. The van der Waals surface area contributed by atoms with E-state index < -0.39 is 46.4 Å². The fourth-order valence-corrected chi connectivity index (χ4v) is 8.36. The molecule has 250 valence electrons. The smallest absolute Gasteiger partial charge is 0.418 e. The van der Waals surface area contributed by atoms with E-state index in [1.165, 1.54) is 4.90 Å². The number of benzene rings is 2. The van der Waals surface area contributed by atoms with Crippen molar-refractivity contribution in [2.45, 2.75) is 123 Å². The Morgan fingerprint density at radius 1 is 0.822 bits per heavy atom. The van der Waals surface area contributed by atoms with Gasteiger partial charge in [0.05, 0.1) is 18.1 Å². The first kappa shape index (κ1) is 37.2. The Bertz CT molecular complexity index is 1260. The lowest BCUT2D eigenvalue weighted by Crippen LogP contribution is -2.55. The normalized spacial score (nSPS) is 19.8. The summed E-state index contributed by atoms with van der Waals surface area (Å²) < 4.78 is 20.2. The lowest BCUT2D eigenvalue weighted by atomic mass is 9.75. The molecule has 0 N–H and O–H groups in total. The molecule has 0 aliphatic carbocycles. The number of ether oxygens (including phenoxy) is 1. The van der Waals surface area contributed by atoms with Crippen molar-refractivity contribution in [3.63, 3.8) is 0 Å². The number of carbonyl (C=O) groups excluding carboxylic acids is 2. The summed E-state index contributed by atoms with van der Waals surface area (Å²) in [7, 11) is -4.35. The van der Waals surface area contributed by atoms with Gasteiger partial charge in [-0.1, -0.05) is 130 Å². The zero-order valence-corrected chi connectivity index (χ0v) is 32.4. The highest BCUT2D eigenvalue weighted by Crippen LogP contribution is 2.48. The van der Waals surface area contributed by atoms with E-state index in [0.29, 0.717) is 6.61 Å². The van der Waals surface area contributed by atoms with Crippen molar-refractivity contribution in [2.24, 2.45) is 17.8 Å². The van der Waals surface area contributed by atoms with Crippen LogP contribution in [0.4, 0.5) is 4.79 Å². The molecule has 1 saturated heterocycles. The summed E-state index contributed by atoms with van der Waals surface area (Å²) in [5, 5.41) is 0.00276. The highest BCUT2D eigenvalue weighted by atomic mass is 28.4. The summed E-state index contributed by atoms with van der Waals surface area (Å²) in [6.07, 6.45) is -1.05. The molecule has 1 aliphatic heterocycles. The molecule has 0 bridgehead atoms. The molecule has 2 aromatic rings. The van der Waals surface area contributed by atoms with Crippen LogP contribution < -0.4 is 0 Å². The average Bonchev–Trinajstić information content (AvgIpc) is 3.27. The molecular formula is C37H59NO5Si2. The third-order valence-corrected chi connectivity index (χ3v) is 19.6. The Hall–Kier alpha value is -2.27. The van der Waals surface area contributed by atoms with E-state index in [1.807, 2.05) is 67.6 Å². The van der Waals surface area contributed by atoms with Gasteiger partial charge in [0.2, 0.25) is 5.91 Å². The van der Waals surface area contributed by atoms with E-state index in [1.54, 1.807) is 0 Å². The van der Waals surface area contributed by atoms with Gasteiger partial charge >= 0.3 is 6.09 Å². The third kappa shape index (κ3) is 7.50. The van der Waals surface area contributed by atoms with Crippen LogP contribution in [0, 0.1) is 17.8 Å². The molecular weight excluding hydrogens is 595 g/mol. The zero-order valence-electron chi connectivity index (χ0n) is 30.4. The average molecular weight is 654 g/mol. The first-order valence-electron chi connectivity index (χ1n) is 16.6. The van der Waals surface area contributed by atoms with Gasteiger partial charge in [-0.15, -0.1) is 0 Å². The molecule has 2 aromatic carbocycles. The summed E-state index contributed by atoms with van der Waals surface area (Å²) in [6.45, 7) is 30.9. The van der Waals surface area contributed by atoms with Crippen LogP contribution in [0.3, 0.4) is 0 Å². The second-order valence-electron chi connectivity index (χ2n) is 16.4. The molecule has 8 heteroatoms. The zero-order chi connectivity index (χ0) is 34.2. The minimum absolute atomic E-state index is 0.0587. The van der Waals surface area contributed by atoms with Crippen LogP contribution in [0.15, 0.2) is 60.7 Å². The standard InChI is InChI=1S/C37H59NO5Si2/c1-26(2)32-37(29-21-17-15-18-22-29,30-23-19-16-20-24-30)42-34(40)38(32)33(39)28(4)31(43-45(13,14)36(8,9)10)27(3)25-41-44(11,12)35(5,6)7/h15-24,26-28,31-32H,25H2,1-14H3/t27-,28+,31-,32+/m0/s1. The van der Waals surface area contributed by atoms with E-state index in [2.05, 4.69) is 88.5 Å². The monoisotopic (exact) mass is 653 g/mol. The van der Waals surface area contributed by atoms with Gasteiger partial charge in [0.15, 0.2) is 22.2 Å². The number of amides is 2. The van der Waals surface area contributed by atoms with Gasteiger partial charge in [0.1, 0.15) is 0 Å². The predicted octanol–water partition coefficient (Wildman–Crippen LogP) is 9.62. The van der Waals surface area contributed by atoms with E-state index in [-0.39, 0.29) is 27.8 Å². The van der Waals surface area contributed by atoms with Crippen molar-refractivity contribution in [2.75, 3.05) is 6.61 Å². The second-order valence-corrected chi connectivity index (χ2v) is 26.0. The molecule has 1 aliphatic rings. The van der Waals surface area contributed by atoms with E-state index in [4.69, 9.17) is 13.6 Å². The lowest BCUT2D eigenvalue weighted by molar-refractivity contribution is -0.138. The Kier molecular flexibility index (Phi) is 11.1. The van der Waals surface area contributed by atoms with Crippen molar-refractivity contribution in [1.82, 2.24) is 4.90 Å². The quantitative estimate of drug-likeness (QED) is 0.226. The molecule has 0 spiro atoms. The van der Waals surface area contributed by atoms with Gasteiger partial charge in [-0.25, -0.2) is 9.69 Å². The molecule has 0 radical (unpaired) electrons. The molecule has 3 rings (SSSR count). The van der Waals surface area contributed by atoms with Crippen LogP contribution in [0.1, 0.15) is 80.4 Å². The van der Waals surface area contributed by atoms with Crippen molar-refractivity contribution in [3.05, 3.63) is 71.8 Å². The van der Waals surface area contributed by atoms with Gasteiger partial charge in [-0.05, 0) is 42.2 Å². The Balaban J connectivity index is 2.09. The van der Waals surface area contributed by atoms with Gasteiger partial charge in [0, 0.05) is 23.7 Å². The fraction of sp³-hybridized carbons (Fsp3) is 0.622. The number of hydrogen-bond acceptors (Lipinski definition) is 5. The van der Waals surface area contributed by atoms with Gasteiger partial charge in [0.25, 0.3) is 0 Å². The van der Waals surface area contributed by atoms with Crippen LogP contribution in [-0.4, -0.2) is 52.3 Å². The summed E-state index contributed by atoms with van der Waals surface area (Å²) in [5.41, 5.74) is 0.545. The largest absolute Gasteiger partial charge is 0.430 e. The minimum Gasteiger partial charge on any atom is -0.430 e. The van der Waals surface area contributed by atoms with E-state index in [0.717, 1.165) is 11.1 Å². The Morgan fingerprint density at radius 2 is 1.27 bits per heavy atom. The number of imide groups is 1. The molecule has 4 atom stereocenters. The van der Waals surface area contributed by atoms with Crippen molar-refractivity contribution in [3.8, 4) is 0 Å². The van der Waals surface area contributed by atoms with Gasteiger partial charge in [-0.3, -0.25) is 4.79 Å². The SMILES string of the molecule is CC(C)[C@H]1N(C(=O)[C@H](C)[C@@H](O[Si](C)(C)C(C)(C)C)[C@@H](C)CO[Si](C)(C)C(C)(C)C)C(=O)OC1(c1ccccc1)c1ccccc1. The highest BCUT2D eigenvalue weighted by Gasteiger charge is 2.60. The van der Waals surface area contributed by atoms with E-state index in [9.17, 15) is 9.59 Å². The molecule has 0 unspecified atom stereocenters. The van der Waals surface area contributed by atoms with Crippen molar-refractivity contribution < 1.29 is 23.2 Å². The van der Waals surface area contributed by atoms with Crippen LogP contribution in [0.25, 0.3) is 0 Å². The third-order valence-electron chi connectivity index (χ3n) is 10.6. The molecule has 1 heterocycles. The molecule has 0 saturated carbocycles. The minimum atomic E-state index is -2.31. The maximum absolute atomic E-state index is 14.8. The maximum atomic E-state index is 14.8. The number of cyclic esters (lactones) is 1. The van der Waals surface area contributed by atoms with Crippen LogP contribution in [-0.2, 0) is 24.0 Å². The number of hydrogen-bond donors (Lipinski definition) is 0. The van der Waals surface area contributed by atoms with E-state index >= 15 is 0 Å². The van der Waals surface area contributed by atoms with Crippen LogP contribution in [0.2, 0.25) is 36.3 Å². The summed E-state index contributed by atoms with van der Waals surface area (Å²) in [6, 6.07) is 19.1. The number of rotatable bonds is 11. The molecule has 6 nitrogen and oxygen atoms in total. The second kappa shape index (κ2) is 13.5. The lowest BCUT2D eigenvalue weighted by Gasteiger charge is -2.44. The molecule has 2 amide bonds. The molecule has 1 fully saturated rings. The number of nitrogens with zero attached hydrogens (tertiary/aromatic N) is 1. The highest BCUT2D eigenvalue weighted by molar-refractivity contribution is 6.74. The molecule has 45 heavy (non-hydrogen) atoms. The predicted molar refractivity (Wildman–Crippen MR) is 189 cm³/mol. The number of carbonyl (C=O) groups is 2. The Labute approximate surface area is 275 Å². The van der Waals surface area contributed by atoms with Crippen molar-refractivity contribution >= 4 is 28.6 Å². The summed E-state index contributed by atoms with van der Waals surface area (Å²) in [5.74, 6) is -1.04. The summed E-state index contributed by atoms with van der Waals surface area (Å²) in [4.78, 5) is 30.2. The first-order chi connectivity index (χ1) is 20.6. The topological polar surface area (TPSA) is 65.1 Å². The fourth-order valence-electron chi connectivity index (χ4n) is 5.77. The van der Waals surface area contributed by atoms with Crippen LogP contribution in [0.5, 0.6) is 0 Å². The first-order valence-corrected chi connectivity index (χ1v) is 22.4. The Morgan fingerprint density at radius 3 is 1.67 bits per heavy atom. The van der Waals surface area contributed by atoms with Gasteiger partial charge in [-0.2, -0.15) is 0 Å². The van der Waals surface area contributed by atoms with Crippen molar-refractivity contribution in [1.29, 1.82) is 0 Å². The molecule has 0 aromatic heterocycles. The maximum Gasteiger partial charge on any atom is 0.418 e. The van der Waals surface area contributed by atoms with Crippen LogP contribution >= 0.6 is 0 Å². The van der Waals surface area contributed by atoms with Gasteiger partial charge < -0.3 is 13.6 Å².